The summed E-state index contributed by atoms with van der Waals surface area (Å²) in [7, 11) is 0. The number of rotatable bonds is 4. The second-order valence-corrected chi connectivity index (χ2v) is 6.18. The fourth-order valence-corrected chi connectivity index (χ4v) is 3.72. The van der Waals surface area contributed by atoms with Gasteiger partial charge in [0.2, 0.25) is 5.91 Å². The first-order chi connectivity index (χ1) is 10.2. The van der Waals surface area contributed by atoms with Crippen LogP contribution in [0.25, 0.3) is 0 Å². The molecule has 1 N–H and O–H groups in total. The molecule has 5 heteroatoms. The highest BCUT2D eigenvalue weighted by atomic mass is 16.2. The Balaban J connectivity index is 1.81. The van der Waals surface area contributed by atoms with E-state index in [1.807, 2.05) is 0 Å². The lowest BCUT2D eigenvalue weighted by molar-refractivity contribution is -0.140. The van der Waals surface area contributed by atoms with Gasteiger partial charge in [0, 0.05) is 19.0 Å². The lowest BCUT2D eigenvalue weighted by atomic mass is 9.84. The van der Waals surface area contributed by atoms with E-state index in [0.29, 0.717) is 24.3 Å². The zero-order valence-corrected chi connectivity index (χ0v) is 13.1. The molecule has 21 heavy (non-hydrogen) atoms. The number of piperidine rings is 2. The molecule has 0 radical (unpaired) electrons. The minimum atomic E-state index is 0.319. The minimum absolute atomic E-state index is 0.319. The fourth-order valence-electron chi connectivity index (χ4n) is 3.72. The van der Waals surface area contributed by atoms with Gasteiger partial charge in [-0.3, -0.25) is 9.48 Å². The minimum Gasteiger partial charge on any atom is -0.333 e. The zero-order valence-electron chi connectivity index (χ0n) is 13.1. The molecule has 0 spiro atoms. The summed E-state index contributed by atoms with van der Waals surface area (Å²) >= 11 is 0. The normalized spacial score (nSPS) is 26.0. The van der Waals surface area contributed by atoms with Crippen LogP contribution in [0.5, 0.6) is 0 Å². The predicted octanol–water partition coefficient (Wildman–Crippen LogP) is 1.57. The quantitative estimate of drug-likeness (QED) is 0.915. The first-order valence-electron chi connectivity index (χ1n) is 8.28. The van der Waals surface area contributed by atoms with Crippen molar-refractivity contribution >= 4 is 5.91 Å². The van der Waals surface area contributed by atoms with E-state index in [4.69, 9.17) is 0 Å². The van der Waals surface area contributed by atoms with E-state index in [9.17, 15) is 4.79 Å². The summed E-state index contributed by atoms with van der Waals surface area (Å²) in [5.74, 6) is 0.945. The molecule has 1 aromatic heterocycles. The predicted molar refractivity (Wildman–Crippen MR) is 81.8 cm³/mol. The van der Waals surface area contributed by atoms with Gasteiger partial charge in [-0.05, 0) is 51.3 Å². The monoisotopic (exact) mass is 290 g/mol. The molecule has 2 fully saturated rings. The Morgan fingerprint density at radius 3 is 3.00 bits per heavy atom. The maximum absolute atomic E-state index is 12.4. The van der Waals surface area contributed by atoms with E-state index in [1.165, 1.54) is 5.69 Å². The molecule has 116 valence electrons. The standard InChI is InChI=1S/C16H26N4O/c1-3-13-9-14(20(4-2)18-13)11-19-15-7-8-17-10-12(15)5-6-16(19)21/h9,12,15,17H,3-8,10-11H2,1-2H3. The second-order valence-electron chi connectivity index (χ2n) is 6.18. The smallest absolute Gasteiger partial charge is 0.223 e. The van der Waals surface area contributed by atoms with Gasteiger partial charge in [0.1, 0.15) is 0 Å². The number of hydrogen-bond donors (Lipinski definition) is 1. The molecular formula is C16H26N4O. The summed E-state index contributed by atoms with van der Waals surface area (Å²) in [6, 6.07) is 2.58. The van der Waals surface area contributed by atoms with Gasteiger partial charge in [-0.15, -0.1) is 0 Å². The molecule has 2 aliphatic rings. The van der Waals surface area contributed by atoms with Crippen LogP contribution >= 0.6 is 0 Å². The molecule has 1 aromatic rings. The number of nitrogens with one attached hydrogen (secondary N) is 1. The van der Waals surface area contributed by atoms with Gasteiger partial charge < -0.3 is 10.2 Å². The number of hydrogen-bond acceptors (Lipinski definition) is 3. The highest BCUT2D eigenvalue weighted by Crippen LogP contribution is 2.30. The van der Waals surface area contributed by atoms with Crippen LogP contribution in [0.15, 0.2) is 6.07 Å². The zero-order chi connectivity index (χ0) is 14.8. The maximum atomic E-state index is 12.4. The highest BCUT2D eigenvalue weighted by Gasteiger charge is 2.37. The van der Waals surface area contributed by atoms with Crippen molar-refractivity contribution in [3.05, 3.63) is 17.5 Å². The Morgan fingerprint density at radius 1 is 1.38 bits per heavy atom. The van der Waals surface area contributed by atoms with Crippen LogP contribution in [0.3, 0.4) is 0 Å². The van der Waals surface area contributed by atoms with Gasteiger partial charge >= 0.3 is 0 Å². The molecule has 3 heterocycles. The van der Waals surface area contributed by atoms with E-state index in [0.717, 1.165) is 51.1 Å². The number of fused-ring (bicyclic) bond motifs is 1. The number of nitrogens with zero attached hydrogens (tertiary/aromatic N) is 3. The van der Waals surface area contributed by atoms with Crippen molar-refractivity contribution in [2.24, 2.45) is 5.92 Å². The molecular weight excluding hydrogens is 264 g/mol. The third-order valence-electron chi connectivity index (χ3n) is 4.93. The van der Waals surface area contributed by atoms with Gasteiger partial charge in [-0.1, -0.05) is 6.92 Å². The van der Waals surface area contributed by atoms with Crippen molar-refractivity contribution < 1.29 is 4.79 Å². The number of aryl methyl sites for hydroxylation is 2. The molecule has 0 bridgehead atoms. The Hall–Kier alpha value is -1.36. The van der Waals surface area contributed by atoms with Crippen molar-refractivity contribution in [3.63, 3.8) is 0 Å². The summed E-state index contributed by atoms with van der Waals surface area (Å²) < 4.78 is 2.05. The van der Waals surface area contributed by atoms with Crippen LogP contribution < -0.4 is 5.32 Å². The van der Waals surface area contributed by atoms with Gasteiger partial charge in [0.15, 0.2) is 0 Å². The molecule has 1 amide bonds. The van der Waals surface area contributed by atoms with Crippen LogP contribution in [-0.4, -0.2) is 39.7 Å². The fraction of sp³-hybridized carbons (Fsp3) is 0.750. The molecule has 2 aliphatic heterocycles. The largest absolute Gasteiger partial charge is 0.333 e. The Bertz CT molecular complexity index is 510. The Morgan fingerprint density at radius 2 is 2.24 bits per heavy atom. The van der Waals surface area contributed by atoms with Crippen molar-refractivity contribution in [1.29, 1.82) is 0 Å². The summed E-state index contributed by atoms with van der Waals surface area (Å²) in [6.45, 7) is 7.91. The molecule has 2 saturated heterocycles. The second kappa shape index (κ2) is 6.18. The molecule has 2 atom stereocenters. The van der Waals surface area contributed by atoms with Crippen LogP contribution in [-0.2, 0) is 24.3 Å². The molecule has 0 saturated carbocycles. The lowest BCUT2D eigenvalue weighted by Gasteiger charge is -2.44. The molecule has 0 aliphatic carbocycles. The summed E-state index contributed by atoms with van der Waals surface area (Å²) in [5.41, 5.74) is 2.31. The van der Waals surface area contributed by atoms with Crippen LogP contribution in [0.4, 0.5) is 0 Å². The average molecular weight is 290 g/mol. The Kier molecular flexibility index (Phi) is 4.29. The van der Waals surface area contributed by atoms with Crippen LogP contribution in [0, 0.1) is 5.92 Å². The van der Waals surface area contributed by atoms with E-state index in [-0.39, 0.29) is 0 Å². The van der Waals surface area contributed by atoms with Crippen LogP contribution in [0.2, 0.25) is 0 Å². The van der Waals surface area contributed by atoms with E-state index < -0.39 is 0 Å². The number of likely N-dealkylation sites (tertiary alicyclic amines) is 1. The molecule has 2 unspecified atom stereocenters. The lowest BCUT2D eigenvalue weighted by Crippen LogP contribution is -2.54. The first-order valence-corrected chi connectivity index (χ1v) is 8.28. The van der Waals surface area contributed by atoms with Crippen molar-refractivity contribution in [3.8, 4) is 0 Å². The van der Waals surface area contributed by atoms with Crippen molar-refractivity contribution in [2.75, 3.05) is 13.1 Å². The number of aromatic nitrogens is 2. The number of carbonyl (C=O) groups excluding carboxylic acids is 1. The highest BCUT2D eigenvalue weighted by molar-refractivity contribution is 5.77. The van der Waals surface area contributed by atoms with Gasteiger partial charge in [0.05, 0.1) is 17.9 Å². The van der Waals surface area contributed by atoms with E-state index in [1.54, 1.807) is 0 Å². The molecule has 3 rings (SSSR count). The third kappa shape index (κ3) is 2.84. The van der Waals surface area contributed by atoms with Crippen molar-refractivity contribution in [2.45, 2.75) is 58.7 Å². The average Bonchev–Trinajstić information content (AvgIpc) is 2.92. The summed E-state index contributed by atoms with van der Waals surface area (Å²) in [6.07, 6.45) is 3.77. The Labute approximate surface area is 126 Å². The van der Waals surface area contributed by atoms with Gasteiger partial charge in [-0.25, -0.2) is 0 Å². The SMILES string of the molecule is CCc1cc(CN2C(=O)CCC3CNCCC32)n(CC)n1. The molecule has 5 nitrogen and oxygen atoms in total. The molecule has 0 aromatic carbocycles. The van der Waals surface area contributed by atoms with Gasteiger partial charge in [0.25, 0.3) is 0 Å². The van der Waals surface area contributed by atoms with Crippen LogP contribution in [0.1, 0.15) is 44.5 Å². The van der Waals surface area contributed by atoms with Crippen molar-refractivity contribution in [1.82, 2.24) is 20.0 Å². The van der Waals surface area contributed by atoms with E-state index in [2.05, 4.69) is 39.9 Å². The summed E-state index contributed by atoms with van der Waals surface area (Å²) in [4.78, 5) is 14.5. The van der Waals surface area contributed by atoms with E-state index >= 15 is 0 Å². The third-order valence-corrected chi connectivity index (χ3v) is 4.93. The van der Waals surface area contributed by atoms with Gasteiger partial charge in [-0.2, -0.15) is 5.10 Å². The topological polar surface area (TPSA) is 50.2 Å². The first kappa shape index (κ1) is 14.6. The number of carbonyl (C=O) groups is 1. The number of amides is 1. The maximum Gasteiger partial charge on any atom is 0.223 e. The summed E-state index contributed by atoms with van der Waals surface area (Å²) in [5, 5.41) is 8.07.